The SMILES string of the molecule is CCOc1ccc(/C=N\NC(=O)c2cccn(Cc3ccc(C)cc3)c2=O)cc1Cl. The third-order valence-corrected chi connectivity index (χ3v) is 4.67. The van der Waals surface area contributed by atoms with Gasteiger partial charge in [0.2, 0.25) is 0 Å². The topological polar surface area (TPSA) is 72.7 Å². The Kier molecular flexibility index (Phi) is 7.03. The number of aryl methyl sites for hydroxylation is 1. The second kappa shape index (κ2) is 9.89. The van der Waals surface area contributed by atoms with E-state index < -0.39 is 5.91 Å². The van der Waals surface area contributed by atoms with Crippen molar-refractivity contribution in [3.05, 3.63) is 98.4 Å². The fraction of sp³-hybridized carbons (Fsp3) is 0.174. The van der Waals surface area contributed by atoms with Crippen molar-refractivity contribution in [3.63, 3.8) is 0 Å². The van der Waals surface area contributed by atoms with Gasteiger partial charge in [0.25, 0.3) is 11.5 Å². The lowest BCUT2D eigenvalue weighted by atomic mass is 10.1. The van der Waals surface area contributed by atoms with Gasteiger partial charge in [-0.05, 0) is 55.3 Å². The van der Waals surface area contributed by atoms with E-state index in [1.54, 1.807) is 30.5 Å². The van der Waals surface area contributed by atoms with E-state index >= 15 is 0 Å². The number of amides is 1. The molecule has 0 bridgehead atoms. The summed E-state index contributed by atoms with van der Waals surface area (Å²) in [5, 5.41) is 4.38. The first-order valence-corrected chi connectivity index (χ1v) is 9.86. The van der Waals surface area contributed by atoms with Gasteiger partial charge in [0.15, 0.2) is 0 Å². The Balaban J connectivity index is 1.69. The molecule has 0 saturated carbocycles. The summed E-state index contributed by atoms with van der Waals surface area (Å²) < 4.78 is 6.88. The number of carbonyl (C=O) groups is 1. The Morgan fingerprint density at radius 3 is 2.67 bits per heavy atom. The maximum absolute atomic E-state index is 12.7. The Labute approximate surface area is 179 Å². The molecule has 0 aliphatic carbocycles. The summed E-state index contributed by atoms with van der Waals surface area (Å²) in [4.78, 5) is 25.1. The van der Waals surface area contributed by atoms with E-state index in [9.17, 15) is 9.59 Å². The molecule has 3 rings (SSSR count). The van der Waals surface area contributed by atoms with Crippen molar-refractivity contribution in [2.75, 3.05) is 6.61 Å². The summed E-state index contributed by atoms with van der Waals surface area (Å²) in [6.45, 7) is 4.78. The zero-order valence-electron chi connectivity index (χ0n) is 16.8. The molecule has 6 nitrogen and oxygen atoms in total. The number of benzene rings is 2. The Morgan fingerprint density at radius 2 is 1.97 bits per heavy atom. The van der Waals surface area contributed by atoms with E-state index in [1.165, 1.54) is 16.8 Å². The normalized spacial score (nSPS) is 10.9. The highest BCUT2D eigenvalue weighted by molar-refractivity contribution is 6.32. The van der Waals surface area contributed by atoms with E-state index in [4.69, 9.17) is 16.3 Å². The van der Waals surface area contributed by atoms with E-state index in [0.717, 1.165) is 11.1 Å². The molecule has 0 aliphatic heterocycles. The Hall–Kier alpha value is -3.38. The number of nitrogens with zero attached hydrogens (tertiary/aromatic N) is 2. The van der Waals surface area contributed by atoms with E-state index in [1.807, 2.05) is 38.1 Å². The number of rotatable bonds is 7. The van der Waals surface area contributed by atoms with Crippen molar-refractivity contribution in [2.45, 2.75) is 20.4 Å². The minimum Gasteiger partial charge on any atom is -0.492 e. The number of hydrogen-bond donors (Lipinski definition) is 1. The van der Waals surface area contributed by atoms with Gasteiger partial charge in [0.05, 0.1) is 24.4 Å². The molecule has 0 unspecified atom stereocenters. The number of pyridine rings is 1. The van der Waals surface area contributed by atoms with Crippen LogP contribution in [0.1, 0.15) is 34.0 Å². The van der Waals surface area contributed by atoms with Crippen molar-refractivity contribution in [3.8, 4) is 5.75 Å². The summed E-state index contributed by atoms with van der Waals surface area (Å²) in [7, 11) is 0. The van der Waals surface area contributed by atoms with Crippen LogP contribution in [0.25, 0.3) is 0 Å². The van der Waals surface area contributed by atoms with Crippen molar-refractivity contribution in [1.82, 2.24) is 9.99 Å². The summed E-state index contributed by atoms with van der Waals surface area (Å²) in [6.07, 6.45) is 3.11. The number of ether oxygens (including phenoxy) is 1. The minimum absolute atomic E-state index is 0.0199. The molecular formula is C23H22ClN3O3. The lowest BCUT2D eigenvalue weighted by Crippen LogP contribution is -2.30. The number of hydrogen-bond acceptors (Lipinski definition) is 4. The smallest absolute Gasteiger partial charge is 0.276 e. The number of carbonyl (C=O) groups excluding carboxylic acids is 1. The van der Waals surface area contributed by atoms with Crippen LogP contribution < -0.4 is 15.7 Å². The Morgan fingerprint density at radius 1 is 1.20 bits per heavy atom. The molecule has 0 fully saturated rings. The van der Waals surface area contributed by atoms with Crippen LogP contribution in [0.4, 0.5) is 0 Å². The average molecular weight is 424 g/mol. The van der Waals surface area contributed by atoms with Gasteiger partial charge >= 0.3 is 0 Å². The third-order valence-electron chi connectivity index (χ3n) is 4.37. The highest BCUT2D eigenvalue weighted by Gasteiger charge is 2.11. The first-order chi connectivity index (χ1) is 14.5. The number of aromatic nitrogens is 1. The number of nitrogens with one attached hydrogen (secondary N) is 1. The van der Waals surface area contributed by atoms with Gasteiger partial charge in [-0.1, -0.05) is 41.4 Å². The predicted octanol–water partition coefficient (Wildman–Crippen LogP) is 4.02. The van der Waals surface area contributed by atoms with Gasteiger partial charge in [-0.25, -0.2) is 5.43 Å². The fourth-order valence-corrected chi connectivity index (χ4v) is 3.06. The van der Waals surface area contributed by atoms with Crippen molar-refractivity contribution in [2.24, 2.45) is 5.10 Å². The molecule has 3 aromatic rings. The lowest BCUT2D eigenvalue weighted by Gasteiger charge is -2.08. The largest absolute Gasteiger partial charge is 0.492 e. The molecule has 1 amide bonds. The van der Waals surface area contributed by atoms with Crippen LogP contribution in [0.5, 0.6) is 5.75 Å². The van der Waals surface area contributed by atoms with Crippen LogP contribution >= 0.6 is 11.6 Å². The van der Waals surface area contributed by atoms with Crippen LogP contribution in [-0.4, -0.2) is 23.3 Å². The van der Waals surface area contributed by atoms with E-state index in [0.29, 0.717) is 29.5 Å². The van der Waals surface area contributed by atoms with Crippen LogP contribution in [0.3, 0.4) is 0 Å². The Bertz CT molecular complexity index is 1120. The van der Waals surface area contributed by atoms with E-state index in [2.05, 4.69) is 10.5 Å². The van der Waals surface area contributed by atoms with Crippen LogP contribution in [0.2, 0.25) is 5.02 Å². The summed E-state index contributed by atoms with van der Waals surface area (Å²) in [6, 6.07) is 16.2. The molecule has 1 aromatic heterocycles. The number of halogens is 1. The van der Waals surface area contributed by atoms with E-state index in [-0.39, 0.29) is 11.1 Å². The zero-order valence-corrected chi connectivity index (χ0v) is 17.5. The molecule has 2 aromatic carbocycles. The van der Waals surface area contributed by atoms with Gasteiger partial charge in [-0.15, -0.1) is 0 Å². The van der Waals surface area contributed by atoms with Crippen LogP contribution in [0, 0.1) is 6.92 Å². The van der Waals surface area contributed by atoms with Crippen LogP contribution in [0.15, 0.2) is 70.7 Å². The average Bonchev–Trinajstić information content (AvgIpc) is 2.73. The maximum Gasteiger partial charge on any atom is 0.276 e. The summed E-state index contributed by atoms with van der Waals surface area (Å²) >= 11 is 6.14. The molecule has 7 heteroatoms. The maximum atomic E-state index is 12.7. The molecule has 30 heavy (non-hydrogen) atoms. The van der Waals surface area contributed by atoms with Gasteiger partial charge < -0.3 is 9.30 Å². The summed E-state index contributed by atoms with van der Waals surface area (Å²) in [5.41, 5.74) is 4.84. The molecule has 1 heterocycles. The van der Waals surface area contributed by atoms with Gasteiger partial charge in [-0.2, -0.15) is 5.10 Å². The van der Waals surface area contributed by atoms with Crippen molar-refractivity contribution in [1.29, 1.82) is 0 Å². The molecule has 154 valence electrons. The van der Waals surface area contributed by atoms with Gasteiger partial charge in [0.1, 0.15) is 11.3 Å². The second-order valence-corrected chi connectivity index (χ2v) is 7.07. The molecule has 0 saturated heterocycles. The second-order valence-electron chi connectivity index (χ2n) is 6.66. The number of hydrazone groups is 1. The molecule has 0 atom stereocenters. The highest BCUT2D eigenvalue weighted by atomic mass is 35.5. The first kappa shape index (κ1) is 21.3. The standard InChI is InChI=1S/C23H22ClN3O3/c1-3-30-21-11-10-18(13-20(21)24)14-25-26-22(28)19-5-4-12-27(23(19)29)15-17-8-6-16(2)7-9-17/h4-14H,3,15H2,1-2H3,(H,26,28)/b25-14-. The van der Waals surface area contributed by atoms with Gasteiger partial charge in [-0.3, -0.25) is 9.59 Å². The highest BCUT2D eigenvalue weighted by Crippen LogP contribution is 2.24. The molecule has 1 N–H and O–H groups in total. The minimum atomic E-state index is -0.577. The zero-order chi connectivity index (χ0) is 21.5. The quantitative estimate of drug-likeness (QED) is 0.460. The van der Waals surface area contributed by atoms with Crippen LogP contribution in [-0.2, 0) is 6.54 Å². The fourth-order valence-electron chi connectivity index (χ4n) is 2.82. The molecule has 0 radical (unpaired) electrons. The van der Waals surface area contributed by atoms with Gasteiger partial charge in [0, 0.05) is 6.20 Å². The lowest BCUT2D eigenvalue weighted by molar-refractivity contribution is 0.0953. The van der Waals surface area contributed by atoms with Crippen molar-refractivity contribution < 1.29 is 9.53 Å². The molecule has 0 aliphatic rings. The monoisotopic (exact) mass is 423 g/mol. The van der Waals surface area contributed by atoms with Crippen molar-refractivity contribution >= 4 is 23.7 Å². The third kappa shape index (κ3) is 5.36. The first-order valence-electron chi connectivity index (χ1n) is 9.48. The molecular weight excluding hydrogens is 402 g/mol. The molecule has 0 spiro atoms. The summed E-state index contributed by atoms with van der Waals surface area (Å²) in [5.74, 6) is 0.00491. The predicted molar refractivity (Wildman–Crippen MR) is 119 cm³/mol.